The van der Waals surface area contributed by atoms with E-state index in [1.54, 1.807) is 36.0 Å². The summed E-state index contributed by atoms with van der Waals surface area (Å²) >= 11 is 1.75. The van der Waals surface area contributed by atoms with Crippen molar-refractivity contribution in [1.29, 1.82) is 0 Å². The lowest BCUT2D eigenvalue weighted by Gasteiger charge is -2.33. The van der Waals surface area contributed by atoms with E-state index in [1.807, 2.05) is 6.07 Å². The van der Waals surface area contributed by atoms with Gasteiger partial charge in [-0.3, -0.25) is 9.59 Å². The summed E-state index contributed by atoms with van der Waals surface area (Å²) in [5, 5.41) is 10.5. The van der Waals surface area contributed by atoms with Crippen LogP contribution in [0.1, 0.15) is 5.56 Å². The molecule has 0 spiro atoms. The van der Waals surface area contributed by atoms with Gasteiger partial charge in [0.05, 0.1) is 0 Å². The van der Waals surface area contributed by atoms with Gasteiger partial charge in [0.15, 0.2) is 0 Å². The van der Waals surface area contributed by atoms with Crippen molar-refractivity contribution < 1.29 is 14.7 Å². The van der Waals surface area contributed by atoms with Gasteiger partial charge >= 0.3 is 0 Å². The summed E-state index contributed by atoms with van der Waals surface area (Å²) in [6.07, 6.45) is -0.0916. The van der Waals surface area contributed by atoms with Gasteiger partial charge in [-0.05, 0) is 5.56 Å². The summed E-state index contributed by atoms with van der Waals surface area (Å²) in [4.78, 5) is 25.6. The summed E-state index contributed by atoms with van der Waals surface area (Å²) in [5.74, 6) is 0.0383. The molecular weight excluding hydrogens is 276 g/mol. The molecule has 0 aromatic heterocycles. The number of carbonyl (C=O) groups excluding carboxylic acids is 2. The topological polar surface area (TPSA) is 83.6 Å². The molecule has 0 radical (unpaired) electrons. The smallest absolute Gasteiger partial charge is 0.264 e. The van der Waals surface area contributed by atoms with Crippen LogP contribution in [0.3, 0.4) is 0 Å². The summed E-state index contributed by atoms with van der Waals surface area (Å²) < 4.78 is 0. The summed E-state index contributed by atoms with van der Waals surface area (Å²) in [6.45, 7) is 1.07. The van der Waals surface area contributed by atoms with Gasteiger partial charge in [0.25, 0.3) is 11.8 Å². The van der Waals surface area contributed by atoms with Crippen LogP contribution in [-0.4, -0.2) is 52.0 Å². The predicted octanol–water partition coefficient (Wildman–Crippen LogP) is 0.0209. The maximum atomic E-state index is 12.4. The molecule has 0 bridgehead atoms. The van der Waals surface area contributed by atoms with Gasteiger partial charge in [-0.25, -0.2) is 0 Å². The number of rotatable bonds is 4. The average Bonchev–Trinajstić information content (AvgIpc) is 2.48. The molecule has 1 fully saturated rings. The minimum Gasteiger partial charge on any atom is -0.371 e. The first-order valence-electron chi connectivity index (χ1n) is 6.47. The molecule has 20 heavy (non-hydrogen) atoms. The van der Waals surface area contributed by atoms with Crippen molar-refractivity contribution in [2.24, 2.45) is 5.73 Å². The van der Waals surface area contributed by atoms with Crippen LogP contribution in [0.25, 0.3) is 0 Å². The molecular formula is C14H18N2O3S. The zero-order valence-corrected chi connectivity index (χ0v) is 11.9. The van der Waals surface area contributed by atoms with Crippen molar-refractivity contribution in [1.82, 2.24) is 4.90 Å². The van der Waals surface area contributed by atoms with Crippen molar-refractivity contribution in [2.45, 2.75) is 12.0 Å². The minimum atomic E-state index is -2.16. The van der Waals surface area contributed by atoms with E-state index in [4.69, 9.17) is 5.73 Å². The molecule has 0 saturated carbocycles. The third-order valence-electron chi connectivity index (χ3n) is 3.36. The fraction of sp³-hybridized carbons (Fsp3) is 0.429. The Balaban J connectivity index is 2.20. The first-order chi connectivity index (χ1) is 9.54. The second-order valence-electron chi connectivity index (χ2n) is 4.79. The van der Waals surface area contributed by atoms with E-state index in [0.29, 0.717) is 18.7 Å². The first-order valence-corrected chi connectivity index (χ1v) is 7.63. The molecule has 1 aliphatic heterocycles. The molecule has 6 heteroatoms. The SMILES string of the molecule is NC(=O)[C@](O)(Cc1ccccc1)C(=O)N1CCSCC1. The highest BCUT2D eigenvalue weighted by atomic mass is 32.2. The summed E-state index contributed by atoms with van der Waals surface area (Å²) in [5.41, 5.74) is 3.82. The normalized spacial score (nSPS) is 18.4. The fourth-order valence-electron chi connectivity index (χ4n) is 2.19. The molecule has 5 nitrogen and oxygen atoms in total. The summed E-state index contributed by atoms with van der Waals surface area (Å²) in [7, 11) is 0. The number of thioether (sulfide) groups is 1. The van der Waals surface area contributed by atoms with Gasteiger partial charge in [0, 0.05) is 31.0 Å². The summed E-state index contributed by atoms with van der Waals surface area (Å²) in [6, 6.07) is 8.93. The van der Waals surface area contributed by atoms with Crippen molar-refractivity contribution >= 4 is 23.6 Å². The highest BCUT2D eigenvalue weighted by Gasteiger charge is 2.45. The van der Waals surface area contributed by atoms with Gasteiger partial charge in [-0.15, -0.1) is 0 Å². The Kier molecular flexibility index (Phi) is 4.67. The number of carbonyl (C=O) groups is 2. The zero-order chi connectivity index (χ0) is 14.6. The number of benzene rings is 1. The van der Waals surface area contributed by atoms with Gasteiger partial charge in [-0.2, -0.15) is 11.8 Å². The molecule has 108 valence electrons. The number of primary amides is 1. The Bertz CT molecular complexity index is 488. The van der Waals surface area contributed by atoms with Crippen LogP contribution in [0.4, 0.5) is 0 Å². The molecule has 1 heterocycles. The molecule has 1 atom stereocenters. The molecule has 3 N–H and O–H groups in total. The van der Waals surface area contributed by atoms with Crippen LogP contribution >= 0.6 is 11.8 Å². The van der Waals surface area contributed by atoms with E-state index in [2.05, 4.69) is 0 Å². The van der Waals surface area contributed by atoms with Crippen LogP contribution < -0.4 is 5.73 Å². The number of nitrogens with two attached hydrogens (primary N) is 1. The van der Waals surface area contributed by atoms with Crippen molar-refractivity contribution in [3.8, 4) is 0 Å². The highest BCUT2D eigenvalue weighted by Crippen LogP contribution is 2.19. The Morgan fingerprint density at radius 2 is 1.85 bits per heavy atom. The monoisotopic (exact) mass is 294 g/mol. The van der Waals surface area contributed by atoms with E-state index in [1.165, 1.54) is 4.90 Å². The van der Waals surface area contributed by atoms with Gasteiger partial charge in [0.2, 0.25) is 5.60 Å². The Morgan fingerprint density at radius 1 is 1.25 bits per heavy atom. The molecule has 0 aliphatic carbocycles. The molecule has 1 aromatic carbocycles. The molecule has 1 aliphatic rings. The van der Waals surface area contributed by atoms with Crippen LogP contribution in [0, 0.1) is 0 Å². The zero-order valence-electron chi connectivity index (χ0n) is 11.1. The standard InChI is InChI=1S/C14H18N2O3S/c15-12(17)14(19,10-11-4-2-1-3-5-11)13(18)16-6-8-20-9-7-16/h1-5,19H,6-10H2,(H2,15,17)/t14-/m1/s1. The Labute approximate surface area is 122 Å². The van der Waals surface area contributed by atoms with Crippen molar-refractivity contribution in [2.75, 3.05) is 24.6 Å². The molecule has 1 aromatic rings. The third-order valence-corrected chi connectivity index (χ3v) is 4.31. The largest absolute Gasteiger partial charge is 0.371 e. The number of nitrogens with zero attached hydrogens (tertiary/aromatic N) is 1. The maximum absolute atomic E-state index is 12.4. The highest BCUT2D eigenvalue weighted by molar-refractivity contribution is 7.99. The third kappa shape index (κ3) is 3.13. The second kappa shape index (κ2) is 6.28. The van der Waals surface area contributed by atoms with Crippen molar-refractivity contribution in [3.05, 3.63) is 35.9 Å². The van der Waals surface area contributed by atoms with Gasteiger partial charge < -0.3 is 15.7 Å². The lowest BCUT2D eigenvalue weighted by molar-refractivity contribution is -0.159. The number of amides is 2. The number of hydrogen-bond donors (Lipinski definition) is 2. The first kappa shape index (κ1) is 14.9. The quantitative estimate of drug-likeness (QED) is 0.767. The van der Waals surface area contributed by atoms with E-state index < -0.39 is 17.4 Å². The average molecular weight is 294 g/mol. The molecule has 1 saturated heterocycles. The predicted molar refractivity (Wildman–Crippen MR) is 78.2 cm³/mol. The lowest BCUT2D eigenvalue weighted by Crippen LogP contribution is -2.59. The maximum Gasteiger partial charge on any atom is 0.264 e. The number of aliphatic hydroxyl groups is 1. The van der Waals surface area contributed by atoms with Gasteiger partial charge in [0.1, 0.15) is 0 Å². The molecule has 2 amide bonds. The van der Waals surface area contributed by atoms with Crippen LogP contribution in [-0.2, 0) is 16.0 Å². The van der Waals surface area contributed by atoms with Crippen LogP contribution in [0.15, 0.2) is 30.3 Å². The Hall–Kier alpha value is -1.53. The molecule has 2 rings (SSSR count). The minimum absolute atomic E-state index is 0.0916. The number of hydrogen-bond acceptors (Lipinski definition) is 4. The van der Waals surface area contributed by atoms with E-state index >= 15 is 0 Å². The van der Waals surface area contributed by atoms with E-state index in [-0.39, 0.29) is 6.42 Å². The van der Waals surface area contributed by atoms with E-state index in [0.717, 1.165) is 11.5 Å². The fourth-order valence-corrected chi connectivity index (χ4v) is 3.09. The van der Waals surface area contributed by atoms with Crippen LogP contribution in [0.5, 0.6) is 0 Å². The second-order valence-corrected chi connectivity index (χ2v) is 6.02. The molecule has 0 unspecified atom stereocenters. The van der Waals surface area contributed by atoms with Crippen molar-refractivity contribution in [3.63, 3.8) is 0 Å². The lowest BCUT2D eigenvalue weighted by atomic mass is 9.92. The van der Waals surface area contributed by atoms with Gasteiger partial charge in [-0.1, -0.05) is 30.3 Å². The van der Waals surface area contributed by atoms with Crippen LogP contribution in [0.2, 0.25) is 0 Å². The Morgan fingerprint density at radius 3 is 2.40 bits per heavy atom. The van der Waals surface area contributed by atoms with E-state index in [9.17, 15) is 14.7 Å².